The molecule has 0 aromatic heterocycles. The highest BCUT2D eigenvalue weighted by Crippen LogP contribution is 2.27. The van der Waals surface area contributed by atoms with Gasteiger partial charge in [-0.1, -0.05) is 23.7 Å². The van der Waals surface area contributed by atoms with Crippen molar-refractivity contribution in [2.24, 2.45) is 0 Å². The molecule has 0 unspecified atom stereocenters. The lowest BCUT2D eigenvalue weighted by Crippen LogP contribution is -2.17. The lowest BCUT2D eigenvalue weighted by atomic mass is 10.2. The number of amides is 1. The Hall–Kier alpha value is -2.40. The highest BCUT2D eigenvalue weighted by atomic mass is 35.5. The summed E-state index contributed by atoms with van der Waals surface area (Å²) >= 11 is 5.98. The van der Waals surface area contributed by atoms with Gasteiger partial charge >= 0.3 is 0 Å². The minimum atomic E-state index is -0.101. The van der Waals surface area contributed by atoms with Gasteiger partial charge in [0.2, 0.25) is 5.91 Å². The van der Waals surface area contributed by atoms with Crippen molar-refractivity contribution in [3.8, 4) is 11.5 Å². The monoisotopic (exact) mass is 348 g/mol. The maximum Gasteiger partial charge on any atom is 0.226 e. The molecule has 6 heteroatoms. The maximum atomic E-state index is 12.1. The highest BCUT2D eigenvalue weighted by molar-refractivity contribution is 6.30. The SMILES string of the molecule is CCOc1ccccc1NC(=O)CCNc1cc(Cl)ccc1OC. The number of methoxy groups -OCH3 is 1. The molecule has 5 nitrogen and oxygen atoms in total. The topological polar surface area (TPSA) is 59.6 Å². The Bertz CT molecular complexity index is 692. The van der Waals surface area contributed by atoms with Gasteiger partial charge in [-0.2, -0.15) is 0 Å². The van der Waals surface area contributed by atoms with E-state index in [1.54, 1.807) is 25.3 Å². The molecule has 2 rings (SSSR count). The molecule has 0 radical (unpaired) electrons. The summed E-state index contributed by atoms with van der Waals surface area (Å²) in [5, 5.41) is 6.63. The number of para-hydroxylation sites is 2. The van der Waals surface area contributed by atoms with Crippen molar-refractivity contribution in [3.63, 3.8) is 0 Å². The van der Waals surface area contributed by atoms with Gasteiger partial charge in [-0.25, -0.2) is 0 Å². The van der Waals surface area contributed by atoms with Crippen LogP contribution in [0.5, 0.6) is 11.5 Å². The molecule has 0 heterocycles. The number of rotatable bonds is 8. The number of hydrogen-bond acceptors (Lipinski definition) is 4. The van der Waals surface area contributed by atoms with Crippen LogP contribution in [0, 0.1) is 0 Å². The third kappa shape index (κ3) is 5.06. The van der Waals surface area contributed by atoms with Crippen LogP contribution in [-0.4, -0.2) is 26.2 Å². The number of ether oxygens (including phenoxy) is 2. The second-order valence-corrected chi connectivity index (χ2v) is 5.44. The van der Waals surface area contributed by atoms with Gasteiger partial charge in [0, 0.05) is 18.0 Å². The van der Waals surface area contributed by atoms with Gasteiger partial charge in [-0.05, 0) is 37.3 Å². The van der Waals surface area contributed by atoms with E-state index in [4.69, 9.17) is 21.1 Å². The maximum absolute atomic E-state index is 12.1. The molecule has 0 spiro atoms. The van der Waals surface area contributed by atoms with E-state index >= 15 is 0 Å². The number of carbonyl (C=O) groups excluding carboxylic acids is 1. The van der Waals surface area contributed by atoms with Crippen molar-refractivity contribution in [3.05, 3.63) is 47.5 Å². The first-order valence-corrected chi connectivity index (χ1v) is 8.11. The Morgan fingerprint density at radius 2 is 1.92 bits per heavy atom. The molecule has 2 N–H and O–H groups in total. The highest BCUT2D eigenvalue weighted by Gasteiger charge is 2.08. The van der Waals surface area contributed by atoms with E-state index in [-0.39, 0.29) is 5.91 Å². The summed E-state index contributed by atoms with van der Waals surface area (Å²) in [5.41, 5.74) is 1.43. The fourth-order valence-electron chi connectivity index (χ4n) is 2.19. The predicted octanol–water partition coefficient (Wildman–Crippen LogP) is 4.19. The lowest BCUT2D eigenvalue weighted by molar-refractivity contribution is -0.116. The number of halogens is 1. The van der Waals surface area contributed by atoms with Crippen LogP contribution in [0.3, 0.4) is 0 Å². The van der Waals surface area contributed by atoms with Crippen LogP contribution in [0.1, 0.15) is 13.3 Å². The van der Waals surface area contributed by atoms with Crippen molar-refractivity contribution in [1.29, 1.82) is 0 Å². The zero-order valence-corrected chi connectivity index (χ0v) is 14.5. The van der Waals surface area contributed by atoms with Crippen LogP contribution in [0.2, 0.25) is 5.02 Å². The van der Waals surface area contributed by atoms with E-state index < -0.39 is 0 Å². The van der Waals surface area contributed by atoms with Gasteiger partial charge in [0.1, 0.15) is 11.5 Å². The van der Waals surface area contributed by atoms with E-state index in [1.165, 1.54) is 0 Å². The molecule has 0 aliphatic heterocycles. The third-order valence-corrected chi connectivity index (χ3v) is 3.53. The third-order valence-electron chi connectivity index (χ3n) is 3.29. The minimum Gasteiger partial charge on any atom is -0.495 e. The van der Waals surface area contributed by atoms with Crippen molar-refractivity contribution in [2.45, 2.75) is 13.3 Å². The molecule has 0 atom stereocenters. The van der Waals surface area contributed by atoms with Crippen molar-refractivity contribution in [1.82, 2.24) is 0 Å². The van der Waals surface area contributed by atoms with E-state index in [0.717, 1.165) is 5.69 Å². The molecule has 0 fully saturated rings. The lowest BCUT2D eigenvalue weighted by Gasteiger charge is -2.13. The molecule has 128 valence electrons. The predicted molar refractivity (Wildman–Crippen MR) is 97.4 cm³/mol. The number of nitrogens with one attached hydrogen (secondary N) is 2. The Kier molecular flexibility index (Phi) is 6.75. The molecule has 0 bridgehead atoms. The summed E-state index contributed by atoms with van der Waals surface area (Å²) in [6, 6.07) is 12.7. The minimum absolute atomic E-state index is 0.101. The van der Waals surface area contributed by atoms with Gasteiger partial charge in [-0.15, -0.1) is 0 Å². The normalized spacial score (nSPS) is 10.1. The molecular weight excluding hydrogens is 328 g/mol. The van der Waals surface area contributed by atoms with Crippen molar-refractivity contribution >= 4 is 28.9 Å². The molecule has 2 aromatic rings. The van der Waals surface area contributed by atoms with Crippen LogP contribution in [0.4, 0.5) is 11.4 Å². The number of carbonyl (C=O) groups is 1. The van der Waals surface area contributed by atoms with E-state index in [0.29, 0.717) is 41.8 Å². The second kappa shape index (κ2) is 9.03. The van der Waals surface area contributed by atoms with Gasteiger partial charge in [0.05, 0.1) is 25.1 Å². The quantitative estimate of drug-likeness (QED) is 0.751. The zero-order chi connectivity index (χ0) is 17.4. The molecule has 0 saturated carbocycles. The van der Waals surface area contributed by atoms with E-state index in [9.17, 15) is 4.79 Å². The van der Waals surface area contributed by atoms with E-state index in [1.807, 2.05) is 31.2 Å². The number of hydrogen-bond donors (Lipinski definition) is 2. The molecular formula is C18H21ClN2O3. The second-order valence-electron chi connectivity index (χ2n) is 5.00. The molecule has 1 amide bonds. The average Bonchev–Trinajstić information content (AvgIpc) is 2.57. The van der Waals surface area contributed by atoms with Crippen LogP contribution < -0.4 is 20.1 Å². The number of anilines is 2. The Morgan fingerprint density at radius 1 is 1.12 bits per heavy atom. The molecule has 0 aliphatic rings. The Labute approximate surface area is 146 Å². The average molecular weight is 349 g/mol. The summed E-state index contributed by atoms with van der Waals surface area (Å²) in [6.07, 6.45) is 0.302. The molecule has 0 aliphatic carbocycles. The van der Waals surface area contributed by atoms with Gasteiger partial charge in [0.25, 0.3) is 0 Å². The van der Waals surface area contributed by atoms with Crippen molar-refractivity contribution < 1.29 is 14.3 Å². The molecule has 0 saturated heterocycles. The first-order valence-electron chi connectivity index (χ1n) is 7.73. The van der Waals surface area contributed by atoms with Gasteiger partial charge < -0.3 is 20.1 Å². The molecule has 2 aromatic carbocycles. The summed E-state index contributed by atoms with van der Waals surface area (Å²) in [6.45, 7) is 2.91. The Morgan fingerprint density at radius 3 is 2.67 bits per heavy atom. The summed E-state index contributed by atoms with van der Waals surface area (Å²) < 4.78 is 10.8. The fourth-order valence-corrected chi connectivity index (χ4v) is 2.37. The summed E-state index contributed by atoms with van der Waals surface area (Å²) in [4.78, 5) is 12.1. The van der Waals surface area contributed by atoms with Crippen LogP contribution in [0.15, 0.2) is 42.5 Å². The zero-order valence-electron chi connectivity index (χ0n) is 13.8. The summed E-state index contributed by atoms with van der Waals surface area (Å²) in [5.74, 6) is 1.25. The van der Waals surface area contributed by atoms with Gasteiger partial charge in [-0.3, -0.25) is 4.79 Å². The van der Waals surface area contributed by atoms with Gasteiger partial charge in [0.15, 0.2) is 0 Å². The van der Waals surface area contributed by atoms with Crippen LogP contribution >= 0.6 is 11.6 Å². The van der Waals surface area contributed by atoms with E-state index in [2.05, 4.69) is 10.6 Å². The Balaban J connectivity index is 1.89. The largest absolute Gasteiger partial charge is 0.495 e. The molecule has 24 heavy (non-hydrogen) atoms. The first-order chi connectivity index (χ1) is 11.6. The first kappa shape index (κ1) is 17.9. The smallest absolute Gasteiger partial charge is 0.226 e. The van der Waals surface area contributed by atoms with Crippen LogP contribution in [-0.2, 0) is 4.79 Å². The standard InChI is InChI=1S/C18H21ClN2O3/c1-3-24-17-7-5-4-6-14(17)21-18(22)10-11-20-15-12-13(19)8-9-16(15)23-2/h4-9,12,20H,3,10-11H2,1-2H3,(H,21,22). The fraction of sp³-hybridized carbons (Fsp3) is 0.278. The van der Waals surface area contributed by atoms with Crippen molar-refractivity contribution in [2.75, 3.05) is 30.9 Å². The van der Waals surface area contributed by atoms with Crippen LogP contribution in [0.25, 0.3) is 0 Å². The number of benzene rings is 2. The summed E-state index contributed by atoms with van der Waals surface area (Å²) in [7, 11) is 1.59.